The number of oxime groups is 1. The van der Waals surface area contributed by atoms with E-state index in [9.17, 15) is 9.59 Å². The minimum Gasteiger partial charge on any atom is -0.461 e. The molecule has 3 rings (SSSR count). The summed E-state index contributed by atoms with van der Waals surface area (Å²) in [6, 6.07) is -0.475. The maximum atomic E-state index is 12.0. The number of esters is 1. The maximum Gasteiger partial charge on any atom is 0.408 e. The van der Waals surface area contributed by atoms with Gasteiger partial charge in [-0.2, -0.15) is 0 Å². The largest absolute Gasteiger partial charge is 0.461 e. The fraction of sp³-hybridized carbons (Fsp3) is 0.786. The molecule has 0 aromatic rings. The van der Waals surface area contributed by atoms with Crippen LogP contribution in [0.2, 0.25) is 0 Å². The van der Waals surface area contributed by atoms with Crippen LogP contribution in [0.4, 0.5) is 4.79 Å². The van der Waals surface area contributed by atoms with Crippen LogP contribution in [0.25, 0.3) is 0 Å². The van der Waals surface area contributed by atoms with Gasteiger partial charge in [-0.1, -0.05) is 5.16 Å². The van der Waals surface area contributed by atoms with Crippen LogP contribution >= 0.6 is 0 Å². The van der Waals surface area contributed by atoms with Gasteiger partial charge < -0.3 is 19.6 Å². The Morgan fingerprint density at radius 1 is 1.43 bits per heavy atom. The summed E-state index contributed by atoms with van der Waals surface area (Å²) in [6.45, 7) is 7.21. The van der Waals surface area contributed by atoms with Gasteiger partial charge in [0.15, 0.2) is 6.10 Å². The lowest BCUT2D eigenvalue weighted by Crippen LogP contribution is -2.56. The Labute approximate surface area is 123 Å². The van der Waals surface area contributed by atoms with Crippen molar-refractivity contribution in [3.05, 3.63) is 0 Å². The van der Waals surface area contributed by atoms with E-state index in [4.69, 9.17) is 14.3 Å². The van der Waals surface area contributed by atoms with E-state index < -0.39 is 23.7 Å². The first-order chi connectivity index (χ1) is 9.76. The Hall–Kier alpha value is -1.79. The molecule has 2 bridgehead atoms. The molecule has 1 aliphatic carbocycles. The first-order valence-corrected chi connectivity index (χ1v) is 7.16. The van der Waals surface area contributed by atoms with Gasteiger partial charge in [-0.3, -0.25) is 4.79 Å². The third kappa shape index (κ3) is 2.45. The van der Waals surface area contributed by atoms with E-state index in [-0.39, 0.29) is 24.1 Å². The van der Waals surface area contributed by atoms with Crippen LogP contribution in [-0.4, -0.2) is 41.6 Å². The molecule has 2 fully saturated rings. The van der Waals surface area contributed by atoms with Crippen LogP contribution in [0.3, 0.4) is 0 Å². The summed E-state index contributed by atoms with van der Waals surface area (Å²) < 4.78 is 10.7. The molecule has 0 aromatic carbocycles. The van der Waals surface area contributed by atoms with Gasteiger partial charge in [-0.15, -0.1) is 0 Å². The lowest BCUT2D eigenvalue weighted by Gasteiger charge is -2.34. The molecule has 5 atom stereocenters. The number of amides is 1. The molecule has 1 saturated carbocycles. The van der Waals surface area contributed by atoms with Gasteiger partial charge in [-0.05, 0) is 27.7 Å². The zero-order valence-corrected chi connectivity index (χ0v) is 12.6. The Bertz CT molecular complexity index is 510. The van der Waals surface area contributed by atoms with Crippen LogP contribution in [-0.2, 0) is 19.1 Å². The van der Waals surface area contributed by atoms with E-state index in [0.717, 1.165) is 5.71 Å². The van der Waals surface area contributed by atoms with Crippen molar-refractivity contribution in [1.82, 2.24) is 5.32 Å². The topological polar surface area (TPSA) is 86.2 Å². The number of hydrogen-bond acceptors (Lipinski definition) is 6. The van der Waals surface area contributed by atoms with Crippen molar-refractivity contribution in [3.8, 4) is 0 Å². The van der Waals surface area contributed by atoms with E-state index in [1.54, 1.807) is 20.8 Å². The molecule has 0 aromatic heterocycles. The quantitative estimate of drug-likeness (QED) is 0.735. The zero-order chi connectivity index (χ0) is 15.4. The first kappa shape index (κ1) is 14.2. The number of nitrogens with zero attached hydrogens (tertiary/aromatic N) is 1. The zero-order valence-electron chi connectivity index (χ0n) is 12.6. The number of ether oxygens (including phenoxy) is 2. The molecule has 1 amide bonds. The summed E-state index contributed by atoms with van der Waals surface area (Å²) in [5.41, 5.74) is 0.203. The standard InChI is InChI=1S/C14H20N2O5/c1-6-9-8-5-7(12(17)19-8)10(11(9)21-16-6)15-13(18)20-14(2,3)4/h7-11H,5H2,1-4H3,(H,15,18)/t7-,8+,9-,10+,11-/m0/s1. The summed E-state index contributed by atoms with van der Waals surface area (Å²) in [5, 5.41) is 6.75. The molecular weight excluding hydrogens is 276 g/mol. The molecule has 1 saturated heterocycles. The van der Waals surface area contributed by atoms with Crippen LogP contribution in [0.5, 0.6) is 0 Å². The van der Waals surface area contributed by atoms with Crippen molar-refractivity contribution in [1.29, 1.82) is 0 Å². The minimum atomic E-state index is -0.597. The second-order valence-electron chi connectivity index (χ2n) is 6.82. The molecule has 0 radical (unpaired) electrons. The molecule has 0 spiro atoms. The van der Waals surface area contributed by atoms with Gasteiger partial charge in [0.1, 0.15) is 11.7 Å². The average molecular weight is 296 g/mol. The van der Waals surface area contributed by atoms with Crippen LogP contribution in [0.15, 0.2) is 5.16 Å². The Morgan fingerprint density at radius 2 is 2.14 bits per heavy atom. The number of carbonyl (C=O) groups excluding carboxylic acids is 2. The van der Waals surface area contributed by atoms with Crippen LogP contribution in [0, 0.1) is 11.8 Å². The SMILES string of the molecule is CC1=NO[C@@H]2[C@H](NC(=O)OC(C)(C)C)[C@@H]3C[C@@H](OC3=O)[C@H]12. The van der Waals surface area contributed by atoms with Crippen LogP contribution < -0.4 is 5.32 Å². The van der Waals surface area contributed by atoms with Crippen molar-refractivity contribution < 1.29 is 23.9 Å². The maximum absolute atomic E-state index is 12.0. The molecule has 3 aliphatic rings. The van der Waals surface area contributed by atoms with E-state index in [1.807, 2.05) is 6.92 Å². The lowest BCUT2D eigenvalue weighted by molar-refractivity contribution is -0.144. The molecule has 0 unspecified atom stereocenters. The highest BCUT2D eigenvalue weighted by Crippen LogP contribution is 2.43. The minimum absolute atomic E-state index is 0.0902. The Kier molecular flexibility index (Phi) is 3.11. The van der Waals surface area contributed by atoms with Gasteiger partial charge in [0.05, 0.1) is 23.6 Å². The van der Waals surface area contributed by atoms with E-state index in [1.165, 1.54) is 0 Å². The predicted molar refractivity (Wildman–Crippen MR) is 72.6 cm³/mol. The summed E-state index contributed by atoms with van der Waals surface area (Å²) in [5.74, 6) is -0.774. The van der Waals surface area contributed by atoms with Gasteiger partial charge in [-0.25, -0.2) is 4.79 Å². The highest BCUT2D eigenvalue weighted by molar-refractivity contribution is 5.89. The fourth-order valence-corrected chi connectivity index (χ4v) is 3.28. The third-order valence-electron chi connectivity index (χ3n) is 4.08. The second kappa shape index (κ2) is 4.61. The normalized spacial score (nSPS) is 37.2. The second-order valence-corrected chi connectivity index (χ2v) is 6.82. The number of fused-ring (bicyclic) bond motifs is 4. The van der Waals surface area contributed by atoms with Gasteiger partial charge in [0.25, 0.3) is 0 Å². The van der Waals surface area contributed by atoms with Crippen LogP contribution in [0.1, 0.15) is 34.1 Å². The molecule has 7 nitrogen and oxygen atoms in total. The van der Waals surface area contributed by atoms with E-state index in [0.29, 0.717) is 6.42 Å². The monoisotopic (exact) mass is 296 g/mol. The van der Waals surface area contributed by atoms with Gasteiger partial charge >= 0.3 is 12.1 Å². The smallest absolute Gasteiger partial charge is 0.408 e. The molecule has 2 heterocycles. The summed E-state index contributed by atoms with van der Waals surface area (Å²) >= 11 is 0. The highest BCUT2D eigenvalue weighted by Gasteiger charge is 2.59. The van der Waals surface area contributed by atoms with Crippen molar-refractivity contribution >= 4 is 17.8 Å². The number of hydrogen-bond donors (Lipinski definition) is 1. The molecule has 2 aliphatic heterocycles. The molecule has 21 heavy (non-hydrogen) atoms. The highest BCUT2D eigenvalue weighted by atomic mass is 16.7. The molecule has 7 heteroatoms. The molecule has 1 N–H and O–H groups in total. The van der Waals surface area contributed by atoms with Crippen molar-refractivity contribution in [3.63, 3.8) is 0 Å². The van der Waals surface area contributed by atoms with Gasteiger partial charge in [0.2, 0.25) is 0 Å². The number of carbonyl (C=O) groups is 2. The fourth-order valence-electron chi connectivity index (χ4n) is 3.28. The Balaban J connectivity index is 1.77. The number of nitrogens with one attached hydrogen (secondary N) is 1. The molecular formula is C14H20N2O5. The summed E-state index contributed by atoms with van der Waals surface area (Å²) in [7, 11) is 0. The molecule has 116 valence electrons. The number of rotatable bonds is 1. The lowest BCUT2D eigenvalue weighted by atomic mass is 9.75. The predicted octanol–water partition coefficient (Wildman–Crippen LogP) is 1.22. The first-order valence-electron chi connectivity index (χ1n) is 7.16. The van der Waals surface area contributed by atoms with Crippen molar-refractivity contribution in [2.24, 2.45) is 17.0 Å². The summed E-state index contributed by atoms with van der Waals surface area (Å²) in [6.07, 6.45) is -0.544. The average Bonchev–Trinajstić information content (AvgIpc) is 2.85. The van der Waals surface area contributed by atoms with E-state index >= 15 is 0 Å². The Morgan fingerprint density at radius 3 is 2.81 bits per heavy atom. The summed E-state index contributed by atoms with van der Waals surface area (Å²) in [4.78, 5) is 29.4. The number of alkyl carbamates (subject to hydrolysis) is 1. The van der Waals surface area contributed by atoms with Crippen molar-refractivity contribution in [2.45, 2.75) is 58.0 Å². The van der Waals surface area contributed by atoms with E-state index in [2.05, 4.69) is 10.5 Å². The third-order valence-corrected chi connectivity index (χ3v) is 4.08. The van der Waals surface area contributed by atoms with Gasteiger partial charge in [0, 0.05) is 6.42 Å². The van der Waals surface area contributed by atoms with Crippen molar-refractivity contribution in [2.75, 3.05) is 0 Å².